The van der Waals surface area contributed by atoms with Crippen molar-refractivity contribution in [2.24, 2.45) is 5.92 Å². The van der Waals surface area contributed by atoms with E-state index in [0.717, 1.165) is 53.4 Å². The summed E-state index contributed by atoms with van der Waals surface area (Å²) in [6.45, 7) is 4.62. The van der Waals surface area contributed by atoms with Crippen LogP contribution in [0.2, 0.25) is 5.02 Å². The molecule has 0 saturated heterocycles. The van der Waals surface area contributed by atoms with Crippen molar-refractivity contribution in [3.8, 4) is 5.69 Å². The number of amides is 1. The van der Waals surface area contributed by atoms with Crippen LogP contribution >= 0.6 is 11.6 Å². The van der Waals surface area contributed by atoms with E-state index in [4.69, 9.17) is 11.6 Å². The fraction of sp³-hybridized carbons (Fsp3) is 0.379. The van der Waals surface area contributed by atoms with E-state index < -0.39 is 18.0 Å². The van der Waals surface area contributed by atoms with Crippen molar-refractivity contribution in [2.45, 2.75) is 65.0 Å². The molecule has 0 aliphatic heterocycles. The van der Waals surface area contributed by atoms with Gasteiger partial charge in [-0.15, -0.1) is 0 Å². The molecule has 1 fully saturated rings. The van der Waals surface area contributed by atoms with Crippen molar-refractivity contribution in [3.05, 3.63) is 86.8 Å². The van der Waals surface area contributed by atoms with Gasteiger partial charge in [0, 0.05) is 24.5 Å². The van der Waals surface area contributed by atoms with Gasteiger partial charge in [0.15, 0.2) is 0 Å². The number of nitrogens with zero attached hydrogens (tertiary/aromatic N) is 4. The van der Waals surface area contributed by atoms with E-state index in [0.29, 0.717) is 19.4 Å². The van der Waals surface area contributed by atoms with Crippen LogP contribution in [0.5, 0.6) is 0 Å². The number of carbonyl (C=O) groups excluding carboxylic acids is 1. The van der Waals surface area contributed by atoms with Crippen molar-refractivity contribution >= 4 is 28.5 Å². The molecule has 1 saturated carbocycles. The molecule has 1 aliphatic carbocycles. The molecule has 3 heterocycles. The third-order valence-corrected chi connectivity index (χ3v) is 7.77. The van der Waals surface area contributed by atoms with E-state index in [-0.39, 0.29) is 28.2 Å². The maximum absolute atomic E-state index is 13.7. The molecule has 10 heteroatoms. The topological polar surface area (TPSA) is 81.8 Å². The second-order valence-corrected chi connectivity index (χ2v) is 10.5. The number of halogens is 3. The lowest BCUT2D eigenvalue weighted by molar-refractivity contribution is 0.0904. The minimum absolute atomic E-state index is 0.106. The summed E-state index contributed by atoms with van der Waals surface area (Å²) < 4.78 is 30.2. The van der Waals surface area contributed by atoms with Gasteiger partial charge in [0.05, 0.1) is 33.5 Å². The molecule has 0 unspecified atom stereocenters. The van der Waals surface area contributed by atoms with Crippen LogP contribution in [0.4, 0.5) is 8.78 Å². The highest BCUT2D eigenvalue weighted by molar-refractivity contribution is 6.30. The number of benzene rings is 1. The van der Waals surface area contributed by atoms with Crippen LogP contribution in [0, 0.1) is 12.8 Å². The number of nitrogens with one attached hydrogen (secondary N) is 1. The second kappa shape index (κ2) is 11.3. The Morgan fingerprint density at radius 3 is 2.49 bits per heavy atom. The summed E-state index contributed by atoms with van der Waals surface area (Å²) in [6, 6.07) is 10.8. The quantitative estimate of drug-likeness (QED) is 0.303. The number of pyridine rings is 2. The Balaban J connectivity index is 1.31. The molecular weight excluding hydrogens is 524 g/mol. The van der Waals surface area contributed by atoms with Gasteiger partial charge in [-0.25, -0.2) is 13.6 Å². The van der Waals surface area contributed by atoms with Crippen molar-refractivity contribution in [1.82, 2.24) is 24.4 Å². The van der Waals surface area contributed by atoms with Gasteiger partial charge < -0.3 is 5.32 Å². The molecule has 7 nitrogen and oxygen atoms in total. The maximum Gasteiger partial charge on any atom is 0.333 e. The largest absolute Gasteiger partial charge is 0.349 e. The number of alkyl halides is 2. The third-order valence-electron chi connectivity index (χ3n) is 7.56. The van der Waals surface area contributed by atoms with E-state index >= 15 is 0 Å². The van der Waals surface area contributed by atoms with Gasteiger partial charge in [0.1, 0.15) is 5.69 Å². The number of aromatic nitrogens is 4. The van der Waals surface area contributed by atoms with Crippen LogP contribution in [-0.4, -0.2) is 31.1 Å². The van der Waals surface area contributed by atoms with Crippen molar-refractivity contribution in [3.63, 3.8) is 0 Å². The summed E-state index contributed by atoms with van der Waals surface area (Å²) in [5.74, 6) is -0.358. The average molecular weight is 554 g/mol. The maximum atomic E-state index is 13.7. The molecule has 204 valence electrons. The Morgan fingerprint density at radius 2 is 1.82 bits per heavy atom. The normalized spacial score (nSPS) is 17.6. The van der Waals surface area contributed by atoms with Crippen LogP contribution in [0.15, 0.2) is 53.6 Å². The Bertz CT molecular complexity index is 1570. The zero-order valence-corrected chi connectivity index (χ0v) is 22.6. The molecule has 0 radical (unpaired) electrons. The molecule has 4 aromatic rings. The summed E-state index contributed by atoms with van der Waals surface area (Å²) in [7, 11) is 0. The summed E-state index contributed by atoms with van der Waals surface area (Å²) in [4.78, 5) is 34.6. The molecule has 1 amide bonds. The highest BCUT2D eigenvalue weighted by Gasteiger charge is 2.27. The monoisotopic (exact) mass is 553 g/mol. The highest BCUT2D eigenvalue weighted by atomic mass is 35.5. The van der Waals surface area contributed by atoms with Crippen LogP contribution in [0.1, 0.15) is 66.3 Å². The first-order valence-corrected chi connectivity index (χ1v) is 13.5. The van der Waals surface area contributed by atoms with Crippen LogP contribution in [0.3, 0.4) is 0 Å². The number of fused-ring (bicyclic) bond motifs is 1. The molecule has 5 rings (SSSR count). The fourth-order valence-electron chi connectivity index (χ4n) is 5.53. The lowest BCUT2D eigenvalue weighted by Crippen LogP contribution is -2.39. The van der Waals surface area contributed by atoms with E-state index in [1.165, 1.54) is 6.07 Å². The Labute approximate surface area is 229 Å². The number of carbonyl (C=O) groups is 1. The van der Waals surface area contributed by atoms with Gasteiger partial charge in [-0.05, 0) is 74.8 Å². The Hall–Kier alpha value is -3.59. The number of aryl methyl sites for hydroxylation is 2. The van der Waals surface area contributed by atoms with E-state index in [1.54, 1.807) is 10.8 Å². The number of hydrogen-bond acceptors (Lipinski definition) is 4. The zero-order chi connectivity index (χ0) is 27.7. The number of para-hydroxylation sites is 2. The smallest absolute Gasteiger partial charge is 0.333 e. The standard InChI is InChI=1S/C29H30ClF2N5O2/c1-3-23-17(2)12-21(15-33-23)37-25-7-5-4-6-24(25)36(29(37)39)16-18-8-10-20(11-9-18)35-28(38)22-13-19(30)14-34-26(22)27(31)32/h4-7,12-15,18,20,27H,3,8-11,16H2,1-2H3,(H,35,38). The SMILES string of the molecule is CCc1ncc(-n2c(=O)n(CC3CCC(NC(=O)c4cc(Cl)cnc4C(F)F)CC3)c3ccccc32)cc1C. The van der Waals surface area contributed by atoms with Gasteiger partial charge in [-0.1, -0.05) is 30.7 Å². The van der Waals surface area contributed by atoms with Gasteiger partial charge in [0.25, 0.3) is 12.3 Å². The summed E-state index contributed by atoms with van der Waals surface area (Å²) in [6.07, 6.45) is 3.77. The average Bonchev–Trinajstić information content (AvgIpc) is 3.20. The summed E-state index contributed by atoms with van der Waals surface area (Å²) in [5.41, 5.74) is 3.62. The predicted molar refractivity (Wildman–Crippen MR) is 147 cm³/mol. The molecule has 1 N–H and O–H groups in total. The Morgan fingerprint density at radius 1 is 1.10 bits per heavy atom. The number of hydrogen-bond donors (Lipinski definition) is 1. The second-order valence-electron chi connectivity index (χ2n) is 10.1. The Kier molecular flexibility index (Phi) is 7.79. The van der Waals surface area contributed by atoms with E-state index in [1.807, 2.05) is 41.8 Å². The fourth-order valence-corrected chi connectivity index (χ4v) is 5.69. The lowest BCUT2D eigenvalue weighted by atomic mass is 9.85. The molecule has 1 aromatic carbocycles. The first kappa shape index (κ1) is 27.0. The molecule has 0 spiro atoms. The summed E-state index contributed by atoms with van der Waals surface area (Å²) >= 11 is 5.90. The van der Waals surface area contributed by atoms with Gasteiger partial charge in [0.2, 0.25) is 0 Å². The number of imidazole rings is 1. The zero-order valence-electron chi connectivity index (χ0n) is 21.8. The minimum atomic E-state index is -2.87. The van der Waals surface area contributed by atoms with E-state index in [9.17, 15) is 18.4 Å². The van der Waals surface area contributed by atoms with Crippen LogP contribution in [-0.2, 0) is 13.0 Å². The molecule has 39 heavy (non-hydrogen) atoms. The van der Waals surface area contributed by atoms with Crippen LogP contribution < -0.4 is 11.0 Å². The third kappa shape index (κ3) is 5.45. The van der Waals surface area contributed by atoms with Crippen molar-refractivity contribution in [1.29, 1.82) is 0 Å². The molecule has 1 aliphatic rings. The molecule has 3 aromatic heterocycles. The first-order valence-electron chi connectivity index (χ1n) is 13.2. The molecular formula is C29H30ClF2N5O2. The van der Waals surface area contributed by atoms with Crippen molar-refractivity contribution in [2.75, 3.05) is 0 Å². The van der Waals surface area contributed by atoms with Gasteiger partial charge >= 0.3 is 5.69 Å². The number of rotatable bonds is 7. The van der Waals surface area contributed by atoms with E-state index in [2.05, 4.69) is 22.2 Å². The predicted octanol–water partition coefficient (Wildman–Crippen LogP) is 6.03. The van der Waals surface area contributed by atoms with Gasteiger partial charge in [-0.3, -0.25) is 23.9 Å². The first-order chi connectivity index (χ1) is 18.8. The molecule has 0 bridgehead atoms. The summed E-state index contributed by atoms with van der Waals surface area (Å²) in [5, 5.41) is 3.00. The lowest BCUT2D eigenvalue weighted by Gasteiger charge is -2.29. The molecule has 0 atom stereocenters. The van der Waals surface area contributed by atoms with Crippen LogP contribution in [0.25, 0.3) is 16.7 Å². The highest BCUT2D eigenvalue weighted by Crippen LogP contribution is 2.29. The minimum Gasteiger partial charge on any atom is -0.349 e. The van der Waals surface area contributed by atoms with Gasteiger partial charge in [-0.2, -0.15) is 0 Å². The van der Waals surface area contributed by atoms with Crippen molar-refractivity contribution < 1.29 is 13.6 Å².